The van der Waals surface area contributed by atoms with Crippen LogP contribution in [-0.2, 0) is 4.79 Å². The van der Waals surface area contributed by atoms with E-state index in [1.54, 1.807) is 0 Å². The van der Waals surface area contributed by atoms with Gasteiger partial charge in [-0.15, -0.1) is 0 Å². The third-order valence-electron chi connectivity index (χ3n) is 1.57. The normalized spacial score (nSPS) is 19.9. The molecule has 0 bridgehead atoms. The molecule has 0 fully saturated rings. The van der Waals surface area contributed by atoms with Crippen molar-refractivity contribution in [3.05, 3.63) is 11.6 Å². The Morgan fingerprint density at radius 2 is 2.00 bits per heavy atom. The summed E-state index contributed by atoms with van der Waals surface area (Å²) in [4.78, 5) is 10.6. The van der Waals surface area contributed by atoms with E-state index in [0.717, 1.165) is 6.08 Å². The first-order chi connectivity index (χ1) is 5.00. The summed E-state index contributed by atoms with van der Waals surface area (Å²) in [6.45, 7) is 0. The SMILES string of the molecule is O=C1CCC=C(C(F)(F)F)C1. The van der Waals surface area contributed by atoms with Gasteiger partial charge in [-0.1, -0.05) is 6.08 Å². The first-order valence-electron chi connectivity index (χ1n) is 3.28. The number of hydrogen-bond acceptors (Lipinski definition) is 1. The molecule has 1 rings (SSSR count). The molecule has 0 aromatic carbocycles. The van der Waals surface area contributed by atoms with E-state index in [4.69, 9.17) is 0 Å². The van der Waals surface area contributed by atoms with Gasteiger partial charge in [0, 0.05) is 18.4 Å². The van der Waals surface area contributed by atoms with Gasteiger partial charge in [0.2, 0.25) is 0 Å². The Bertz CT molecular complexity index is 202. The van der Waals surface area contributed by atoms with E-state index in [1.165, 1.54) is 0 Å². The van der Waals surface area contributed by atoms with Crippen LogP contribution in [0.3, 0.4) is 0 Å². The predicted octanol–water partition coefficient (Wildman–Crippen LogP) is 2.23. The van der Waals surface area contributed by atoms with E-state index in [0.29, 0.717) is 0 Å². The van der Waals surface area contributed by atoms with Crippen molar-refractivity contribution in [3.8, 4) is 0 Å². The number of allylic oxidation sites excluding steroid dienone is 2. The lowest BCUT2D eigenvalue weighted by Crippen LogP contribution is -2.18. The van der Waals surface area contributed by atoms with Gasteiger partial charge in [-0.25, -0.2) is 0 Å². The number of hydrogen-bond donors (Lipinski definition) is 0. The van der Waals surface area contributed by atoms with E-state index < -0.39 is 18.2 Å². The van der Waals surface area contributed by atoms with Crippen molar-refractivity contribution in [2.75, 3.05) is 0 Å². The standard InChI is InChI=1S/C7H7F3O/c8-7(9,10)5-2-1-3-6(11)4-5/h2H,1,3-4H2. The second kappa shape index (κ2) is 2.68. The van der Waals surface area contributed by atoms with Crippen molar-refractivity contribution < 1.29 is 18.0 Å². The van der Waals surface area contributed by atoms with Gasteiger partial charge in [-0.2, -0.15) is 13.2 Å². The molecule has 0 spiro atoms. The zero-order valence-electron chi connectivity index (χ0n) is 5.74. The third-order valence-corrected chi connectivity index (χ3v) is 1.57. The van der Waals surface area contributed by atoms with Gasteiger partial charge in [0.05, 0.1) is 0 Å². The van der Waals surface area contributed by atoms with E-state index in [2.05, 4.69) is 0 Å². The summed E-state index contributed by atoms with van der Waals surface area (Å²) in [5, 5.41) is 0. The van der Waals surface area contributed by atoms with E-state index in [-0.39, 0.29) is 18.6 Å². The van der Waals surface area contributed by atoms with Crippen molar-refractivity contribution in [3.63, 3.8) is 0 Å². The Morgan fingerprint density at radius 1 is 1.36 bits per heavy atom. The van der Waals surface area contributed by atoms with Gasteiger partial charge < -0.3 is 0 Å². The third kappa shape index (κ3) is 2.06. The van der Waals surface area contributed by atoms with Crippen LogP contribution < -0.4 is 0 Å². The van der Waals surface area contributed by atoms with E-state index in [1.807, 2.05) is 0 Å². The molecule has 11 heavy (non-hydrogen) atoms. The monoisotopic (exact) mass is 164 g/mol. The summed E-state index contributed by atoms with van der Waals surface area (Å²) in [5.74, 6) is -0.320. The number of carbonyl (C=O) groups excluding carboxylic acids is 1. The van der Waals surface area contributed by atoms with Gasteiger partial charge in [0.25, 0.3) is 0 Å². The largest absolute Gasteiger partial charge is 0.412 e. The highest BCUT2D eigenvalue weighted by atomic mass is 19.4. The molecule has 1 aliphatic rings. The summed E-state index contributed by atoms with van der Waals surface area (Å²) in [7, 11) is 0. The summed E-state index contributed by atoms with van der Waals surface area (Å²) < 4.78 is 35.7. The fourth-order valence-corrected chi connectivity index (χ4v) is 0.996. The average Bonchev–Trinajstić information content (AvgIpc) is 1.86. The second-order valence-electron chi connectivity index (χ2n) is 2.48. The Morgan fingerprint density at radius 3 is 2.36 bits per heavy atom. The average molecular weight is 164 g/mol. The Balaban J connectivity index is 2.73. The lowest BCUT2D eigenvalue weighted by atomic mass is 9.98. The second-order valence-corrected chi connectivity index (χ2v) is 2.48. The van der Waals surface area contributed by atoms with E-state index in [9.17, 15) is 18.0 Å². The van der Waals surface area contributed by atoms with Crippen LogP contribution in [0.2, 0.25) is 0 Å². The minimum Gasteiger partial charge on any atom is -0.299 e. The van der Waals surface area contributed by atoms with Crippen LogP contribution in [0, 0.1) is 0 Å². The van der Waals surface area contributed by atoms with E-state index >= 15 is 0 Å². The minimum atomic E-state index is -4.31. The molecular weight excluding hydrogens is 157 g/mol. The van der Waals surface area contributed by atoms with Crippen LogP contribution in [0.25, 0.3) is 0 Å². The first-order valence-corrected chi connectivity index (χ1v) is 3.28. The van der Waals surface area contributed by atoms with Gasteiger partial charge in [0.1, 0.15) is 5.78 Å². The van der Waals surface area contributed by atoms with Crippen molar-refractivity contribution >= 4 is 5.78 Å². The quantitative estimate of drug-likeness (QED) is 0.502. The summed E-state index contributed by atoms with van der Waals surface area (Å²) in [6.07, 6.45) is -3.17. The molecule has 0 radical (unpaired) electrons. The van der Waals surface area contributed by atoms with Crippen LogP contribution >= 0.6 is 0 Å². The molecule has 0 saturated carbocycles. The Hall–Kier alpha value is -0.800. The maximum absolute atomic E-state index is 11.9. The fraction of sp³-hybridized carbons (Fsp3) is 0.571. The van der Waals surface area contributed by atoms with Crippen LogP contribution in [0.5, 0.6) is 0 Å². The molecule has 0 atom stereocenters. The van der Waals surface area contributed by atoms with Crippen LogP contribution in [0.1, 0.15) is 19.3 Å². The Kier molecular flexibility index (Phi) is 2.02. The van der Waals surface area contributed by atoms with Crippen LogP contribution in [0.15, 0.2) is 11.6 Å². The van der Waals surface area contributed by atoms with Crippen molar-refractivity contribution in [1.29, 1.82) is 0 Å². The molecule has 62 valence electrons. The number of rotatable bonds is 0. The van der Waals surface area contributed by atoms with Crippen LogP contribution in [0.4, 0.5) is 13.2 Å². The molecule has 0 aromatic heterocycles. The van der Waals surface area contributed by atoms with Crippen LogP contribution in [-0.4, -0.2) is 12.0 Å². The summed E-state index contributed by atoms with van der Waals surface area (Å²) in [5.41, 5.74) is -0.686. The highest BCUT2D eigenvalue weighted by Gasteiger charge is 2.35. The first kappa shape index (κ1) is 8.30. The lowest BCUT2D eigenvalue weighted by Gasteiger charge is -2.14. The predicted molar refractivity (Wildman–Crippen MR) is 33.0 cm³/mol. The maximum atomic E-state index is 11.9. The minimum absolute atomic E-state index is 0.230. The fourth-order valence-electron chi connectivity index (χ4n) is 0.996. The smallest absolute Gasteiger partial charge is 0.299 e. The molecular formula is C7H7F3O. The topological polar surface area (TPSA) is 17.1 Å². The van der Waals surface area contributed by atoms with Gasteiger partial charge in [0.15, 0.2) is 0 Å². The van der Waals surface area contributed by atoms with Crippen molar-refractivity contribution in [2.24, 2.45) is 0 Å². The molecule has 0 unspecified atom stereocenters. The number of ketones is 1. The van der Waals surface area contributed by atoms with Gasteiger partial charge >= 0.3 is 6.18 Å². The molecule has 0 saturated heterocycles. The maximum Gasteiger partial charge on any atom is 0.412 e. The molecule has 0 aromatic rings. The van der Waals surface area contributed by atoms with Crippen molar-refractivity contribution in [1.82, 2.24) is 0 Å². The molecule has 0 aliphatic heterocycles. The number of Topliss-reactive ketones (excluding diaryl/α,β-unsaturated/α-hetero) is 1. The number of carbonyl (C=O) groups is 1. The lowest BCUT2D eigenvalue weighted by molar-refractivity contribution is -0.124. The Labute approximate surface area is 61.9 Å². The van der Waals surface area contributed by atoms with Crippen molar-refractivity contribution in [2.45, 2.75) is 25.4 Å². The van der Waals surface area contributed by atoms with Gasteiger partial charge in [-0.3, -0.25) is 4.79 Å². The summed E-state index contributed by atoms with van der Waals surface area (Å²) in [6, 6.07) is 0. The zero-order chi connectivity index (χ0) is 8.48. The molecule has 0 amide bonds. The number of alkyl halides is 3. The highest BCUT2D eigenvalue weighted by Crippen LogP contribution is 2.31. The zero-order valence-corrected chi connectivity index (χ0v) is 5.74. The molecule has 4 heteroatoms. The molecule has 1 nitrogen and oxygen atoms in total. The summed E-state index contributed by atoms with van der Waals surface area (Å²) >= 11 is 0. The number of halogens is 3. The molecule has 1 aliphatic carbocycles. The van der Waals surface area contributed by atoms with Gasteiger partial charge in [-0.05, 0) is 6.42 Å². The molecule has 0 N–H and O–H groups in total. The molecule has 0 heterocycles. The highest BCUT2D eigenvalue weighted by molar-refractivity contribution is 5.82.